The van der Waals surface area contributed by atoms with Crippen LogP contribution in [0.15, 0.2) is 0 Å². The summed E-state index contributed by atoms with van der Waals surface area (Å²) in [5.74, 6) is 1.64. The van der Waals surface area contributed by atoms with Crippen LogP contribution >= 0.6 is 12.6 Å². The topological polar surface area (TPSA) is 9.23 Å². The molecule has 15 heavy (non-hydrogen) atoms. The molecule has 1 atom stereocenters. The minimum Gasteiger partial charge on any atom is -0.381 e. The van der Waals surface area contributed by atoms with Gasteiger partial charge in [0.15, 0.2) is 0 Å². The predicted molar refractivity (Wildman–Crippen MR) is 71.8 cm³/mol. The van der Waals surface area contributed by atoms with Gasteiger partial charge in [-0.3, -0.25) is 0 Å². The maximum Gasteiger partial charge on any atom is 0.0525 e. The van der Waals surface area contributed by atoms with Crippen molar-refractivity contribution in [2.75, 3.05) is 19.0 Å². The maximum absolute atomic E-state index is 5.79. The second-order valence-corrected chi connectivity index (χ2v) is 5.57. The Hall–Kier alpha value is 0.310. The van der Waals surface area contributed by atoms with Crippen LogP contribution < -0.4 is 0 Å². The van der Waals surface area contributed by atoms with Gasteiger partial charge in [-0.05, 0) is 23.5 Å². The zero-order valence-corrected chi connectivity index (χ0v) is 11.8. The fraction of sp³-hybridized carbons (Fsp3) is 1.00. The molecule has 0 aliphatic heterocycles. The van der Waals surface area contributed by atoms with Gasteiger partial charge in [-0.2, -0.15) is 12.6 Å². The molecule has 0 saturated carbocycles. The van der Waals surface area contributed by atoms with Gasteiger partial charge in [0.2, 0.25) is 0 Å². The van der Waals surface area contributed by atoms with E-state index in [2.05, 4.69) is 40.3 Å². The van der Waals surface area contributed by atoms with E-state index >= 15 is 0 Å². The molecule has 0 aromatic carbocycles. The average molecular weight is 232 g/mol. The highest BCUT2D eigenvalue weighted by Crippen LogP contribution is 2.19. The van der Waals surface area contributed by atoms with Crippen molar-refractivity contribution in [2.24, 2.45) is 11.3 Å². The molecular formula is C13H28OS. The third kappa shape index (κ3) is 8.15. The highest BCUT2D eigenvalue weighted by atomic mass is 32.1. The van der Waals surface area contributed by atoms with Crippen LogP contribution in [0, 0.1) is 11.3 Å². The van der Waals surface area contributed by atoms with Gasteiger partial charge in [0.05, 0.1) is 6.61 Å². The first kappa shape index (κ1) is 15.3. The van der Waals surface area contributed by atoms with Gasteiger partial charge in [-0.1, -0.05) is 47.0 Å². The quantitative estimate of drug-likeness (QED) is 0.587. The van der Waals surface area contributed by atoms with Crippen molar-refractivity contribution in [1.82, 2.24) is 0 Å². The lowest BCUT2D eigenvalue weighted by molar-refractivity contribution is 0.0461. The number of hydrogen-bond donors (Lipinski definition) is 1. The summed E-state index contributed by atoms with van der Waals surface area (Å²) in [5, 5.41) is 0. The smallest absolute Gasteiger partial charge is 0.0525 e. The zero-order valence-electron chi connectivity index (χ0n) is 10.9. The Morgan fingerprint density at radius 1 is 1.27 bits per heavy atom. The van der Waals surface area contributed by atoms with Crippen LogP contribution in [-0.4, -0.2) is 19.0 Å². The SMILES string of the molecule is CCCCC(CC)COCC(C)(C)CS. The molecule has 0 spiro atoms. The Labute approximate surface area is 101 Å². The van der Waals surface area contributed by atoms with E-state index in [-0.39, 0.29) is 5.41 Å². The van der Waals surface area contributed by atoms with Crippen LogP contribution in [0.25, 0.3) is 0 Å². The van der Waals surface area contributed by atoms with E-state index in [1.807, 2.05) is 0 Å². The Bertz CT molecular complexity index is 145. The monoisotopic (exact) mass is 232 g/mol. The summed E-state index contributed by atoms with van der Waals surface area (Å²) in [6.45, 7) is 10.7. The first-order valence-electron chi connectivity index (χ1n) is 6.24. The Kier molecular flexibility index (Phi) is 8.64. The first-order valence-corrected chi connectivity index (χ1v) is 6.87. The molecule has 0 rings (SSSR count). The second-order valence-electron chi connectivity index (χ2n) is 5.25. The lowest BCUT2D eigenvalue weighted by atomic mass is 9.97. The standard InChI is InChI=1S/C13H28OS/c1-5-7-8-12(6-2)9-14-10-13(3,4)11-15/h12,15H,5-11H2,1-4H3. The fourth-order valence-electron chi connectivity index (χ4n) is 1.45. The normalized spacial score (nSPS) is 14.2. The van der Waals surface area contributed by atoms with E-state index in [4.69, 9.17) is 4.74 Å². The molecule has 0 fully saturated rings. The van der Waals surface area contributed by atoms with Crippen molar-refractivity contribution >= 4 is 12.6 Å². The molecule has 0 aliphatic carbocycles. The van der Waals surface area contributed by atoms with Gasteiger partial charge in [-0.15, -0.1) is 0 Å². The molecule has 0 amide bonds. The van der Waals surface area contributed by atoms with Gasteiger partial charge in [0, 0.05) is 6.61 Å². The van der Waals surface area contributed by atoms with Crippen LogP contribution in [0.5, 0.6) is 0 Å². The lowest BCUT2D eigenvalue weighted by Crippen LogP contribution is -2.23. The molecule has 0 heterocycles. The predicted octanol–water partition coefficient (Wildman–Crippen LogP) is 4.18. The van der Waals surface area contributed by atoms with Crippen molar-refractivity contribution in [2.45, 2.75) is 53.4 Å². The molecular weight excluding hydrogens is 204 g/mol. The van der Waals surface area contributed by atoms with Crippen LogP contribution in [0.3, 0.4) is 0 Å². The third-order valence-electron chi connectivity index (χ3n) is 2.82. The molecule has 0 aliphatic rings. The minimum absolute atomic E-state index is 0.214. The van der Waals surface area contributed by atoms with E-state index < -0.39 is 0 Å². The van der Waals surface area contributed by atoms with Crippen molar-refractivity contribution in [3.63, 3.8) is 0 Å². The number of rotatable bonds is 9. The summed E-state index contributed by atoms with van der Waals surface area (Å²) in [5.41, 5.74) is 0.214. The zero-order chi connectivity index (χ0) is 11.7. The van der Waals surface area contributed by atoms with E-state index in [1.165, 1.54) is 25.7 Å². The van der Waals surface area contributed by atoms with Crippen molar-refractivity contribution < 1.29 is 4.74 Å². The Morgan fingerprint density at radius 2 is 1.93 bits per heavy atom. The summed E-state index contributed by atoms with van der Waals surface area (Å²) in [6.07, 6.45) is 5.17. The van der Waals surface area contributed by atoms with Gasteiger partial charge in [0.25, 0.3) is 0 Å². The van der Waals surface area contributed by atoms with Crippen molar-refractivity contribution in [1.29, 1.82) is 0 Å². The minimum atomic E-state index is 0.214. The fourth-order valence-corrected chi connectivity index (χ4v) is 1.54. The Balaban J connectivity index is 3.62. The number of thiol groups is 1. The molecule has 0 bridgehead atoms. The first-order chi connectivity index (χ1) is 7.05. The highest BCUT2D eigenvalue weighted by Gasteiger charge is 2.16. The highest BCUT2D eigenvalue weighted by molar-refractivity contribution is 7.80. The molecule has 1 unspecified atom stereocenters. The molecule has 92 valence electrons. The van der Waals surface area contributed by atoms with Gasteiger partial charge in [0.1, 0.15) is 0 Å². The van der Waals surface area contributed by atoms with Crippen LogP contribution in [0.4, 0.5) is 0 Å². The summed E-state index contributed by atoms with van der Waals surface area (Å²) in [6, 6.07) is 0. The summed E-state index contributed by atoms with van der Waals surface area (Å²) in [4.78, 5) is 0. The molecule has 0 radical (unpaired) electrons. The third-order valence-corrected chi connectivity index (χ3v) is 3.67. The maximum atomic E-state index is 5.79. The number of ether oxygens (including phenoxy) is 1. The molecule has 0 N–H and O–H groups in total. The molecule has 2 heteroatoms. The van der Waals surface area contributed by atoms with Gasteiger partial charge < -0.3 is 4.74 Å². The molecule has 0 aromatic rings. The van der Waals surface area contributed by atoms with Crippen LogP contribution in [0.1, 0.15) is 53.4 Å². The lowest BCUT2D eigenvalue weighted by Gasteiger charge is -2.23. The van der Waals surface area contributed by atoms with Crippen molar-refractivity contribution in [3.05, 3.63) is 0 Å². The summed E-state index contributed by atoms with van der Waals surface area (Å²) >= 11 is 4.33. The largest absolute Gasteiger partial charge is 0.381 e. The van der Waals surface area contributed by atoms with E-state index in [0.717, 1.165) is 24.9 Å². The molecule has 0 saturated heterocycles. The van der Waals surface area contributed by atoms with E-state index in [0.29, 0.717) is 0 Å². The van der Waals surface area contributed by atoms with Gasteiger partial charge in [-0.25, -0.2) is 0 Å². The van der Waals surface area contributed by atoms with Crippen LogP contribution in [0.2, 0.25) is 0 Å². The van der Waals surface area contributed by atoms with Crippen LogP contribution in [-0.2, 0) is 4.74 Å². The molecule has 1 nitrogen and oxygen atoms in total. The number of hydrogen-bond acceptors (Lipinski definition) is 2. The second kappa shape index (κ2) is 8.46. The summed E-state index contributed by atoms with van der Waals surface area (Å²) < 4.78 is 5.79. The Morgan fingerprint density at radius 3 is 2.40 bits per heavy atom. The number of unbranched alkanes of at least 4 members (excludes halogenated alkanes) is 1. The van der Waals surface area contributed by atoms with E-state index in [9.17, 15) is 0 Å². The van der Waals surface area contributed by atoms with E-state index in [1.54, 1.807) is 0 Å². The average Bonchev–Trinajstić information content (AvgIpc) is 2.23. The van der Waals surface area contributed by atoms with Gasteiger partial charge >= 0.3 is 0 Å². The summed E-state index contributed by atoms with van der Waals surface area (Å²) in [7, 11) is 0. The molecule has 0 aromatic heterocycles. The van der Waals surface area contributed by atoms with Crippen molar-refractivity contribution in [3.8, 4) is 0 Å².